The first-order chi connectivity index (χ1) is 14.1. The number of hydrogen-bond donors (Lipinski definition) is 1. The molecule has 0 spiro atoms. The lowest BCUT2D eigenvalue weighted by Gasteiger charge is -2.10. The second kappa shape index (κ2) is 7.36. The molecule has 1 amide bonds. The summed E-state index contributed by atoms with van der Waals surface area (Å²) in [6.45, 7) is -1.46. The van der Waals surface area contributed by atoms with Crippen molar-refractivity contribution in [1.29, 1.82) is 0 Å². The lowest BCUT2D eigenvalue weighted by atomic mass is 10.3. The molecule has 0 saturated carbocycles. The average Bonchev–Trinajstić information content (AvgIpc) is 3.22. The standard InChI is InChI=1S/C17H10ClF4N5O2S/c1-7-4-12(17(18,21)22)27-13(23-7)6-10(26-27)14(28)25-16-24-9-3-2-8(29-15(19)20)5-11(9)30-16/h2-6,15H,1H3,(H,24,25,28). The molecule has 0 aliphatic carbocycles. The Bertz CT molecular complexity index is 1270. The van der Waals surface area contributed by atoms with Crippen molar-refractivity contribution in [3.8, 4) is 5.75 Å². The van der Waals surface area contributed by atoms with Crippen LogP contribution in [0.4, 0.5) is 22.7 Å². The number of anilines is 1. The molecule has 0 unspecified atom stereocenters. The summed E-state index contributed by atoms with van der Waals surface area (Å²) in [7, 11) is 0. The van der Waals surface area contributed by atoms with Crippen molar-refractivity contribution < 1.29 is 27.1 Å². The summed E-state index contributed by atoms with van der Waals surface area (Å²) in [5.74, 6) is -0.763. The number of rotatable bonds is 5. The van der Waals surface area contributed by atoms with Crippen LogP contribution in [0, 0.1) is 6.92 Å². The second-order valence-electron chi connectivity index (χ2n) is 6.06. The van der Waals surface area contributed by atoms with E-state index in [1.165, 1.54) is 31.2 Å². The first-order valence-electron chi connectivity index (χ1n) is 8.21. The van der Waals surface area contributed by atoms with Gasteiger partial charge in [0.05, 0.1) is 10.2 Å². The Labute approximate surface area is 174 Å². The van der Waals surface area contributed by atoms with Crippen molar-refractivity contribution in [1.82, 2.24) is 19.6 Å². The highest BCUT2D eigenvalue weighted by Gasteiger charge is 2.32. The van der Waals surface area contributed by atoms with Gasteiger partial charge in [0, 0.05) is 11.8 Å². The fourth-order valence-electron chi connectivity index (χ4n) is 2.71. The highest BCUT2D eigenvalue weighted by Crippen LogP contribution is 2.33. The van der Waals surface area contributed by atoms with Crippen LogP contribution in [-0.2, 0) is 5.38 Å². The fourth-order valence-corrected chi connectivity index (χ4v) is 3.73. The van der Waals surface area contributed by atoms with Gasteiger partial charge in [0.15, 0.2) is 16.5 Å². The topological polar surface area (TPSA) is 81.4 Å². The van der Waals surface area contributed by atoms with Crippen LogP contribution in [0.2, 0.25) is 0 Å². The highest BCUT2D eigenvalue weighted by molar-refractivity contribution is 7.22. The highest BCUT2D eigenvalue weighted by atomic mass is 35.5. The molecule has 0 saturated heterocycles. The summed E-state index contributed by atoms with van der Waals surface area (Å²) >= 11 is 6.15. The summed E-state index contributed by atoms with van der Waals surface area (Å²) in [6, 6.07) is 6.45. The zero-order valence-corrected chi connectivity index (χ0v) is 16.4. The molecule has 0 bridgehead atoms. The molecule has 0 aliphatic heterocycles. The molecule has 156 valence electrons. The number of hydrogen-bond acceptors (Lipinski definition) is 6. The van der Waals surface area contributed by atoms with Crippen LogP contribution in [0.25, 0.3) is 15.9 Å². The molecular formula is C17H10ClF4N5O2S. The number of carbonyl (C=O) groups excluding carboxylic acids is 1. The van der Waals surface area contributed by atoms with E-state index >= 15 is 0 Å². The van der Waals surface area contributed by atoms with Gasteiger partial charge in [-0.05, 0) is 42.8 Å². The molecule has 1 N–H and O–H groups in total. The van der Waals surface area contributed by atoms with Gasteiger partial charge < -0.3 is 4.74 Å². The monoisotopic (exact) mass is 459 g/mol. The fraction of sp³-hybridized carbons (Fsp3) is 0.176. The minimum Gasteiger partial charge on any atom is -0.435 e. The number of amides is 1. The molecule has 1 aromatic carbocycles. The van der Waals surface area contributed by atoms with Crippen LogP contribution < -0.4 is 10.1 Å². The lowest BCUT2D eigenvalue weighted by Crippen LogP contribution is -2.15. The number of nitrogens with one attached hydrogen (secondary N) is 1. The maximum absolute atomic E-state index is 13.7. The van der Waals surface area contributed by atoms with Gasteiger partial charge in [0.2, 0.25) is 0 Å². The third-order valence-electron chi connectivity index (χ3n) is 3.88. The van der Waals surface area contributed by atoms with Gasteiger partial charge in [-0.3, -0.25) is 10.1 Å². The Hall–Kier alpha value is -2.99. The average molecular weight is 460 g/mol. The van der Waals surface area contributed by atoms with E-state index in [2.05, 4.69) is 25.1 Å². The number of alkyl halides is 5. The van der Waals surface area contributed by atoms with Gasteiger partial charge in [0.25, 0.3) is 5.91 Å². The first-order valence-corrected chi connectivity index (χ1v) is 9.41. The summed E-state index contributed by atoms with van der Waals surface area (Å²) in [4.78, 5) is 20.8. The van der Waals surface area contributed by atoms with Crippen molar-refractivity contribution in [3.63, 3.8) is 0 Å². The smallest absolute Gasteiger partial charge is 0.387 e. The third kappa shape index (κ3) is 4.00. The van der Waals surface area contributed by atoms with Gasteiger partial charge in [-0.1, -0.05) is 11.3 Å². The van der Waals surface area contributed by atoms with E-state index in [-0.39, 0.29) is 27.9 Å². The quantitative estimate of drug-likeness (QED) is 0.343. The maximum Gasteiger partial charge on any atom is 0.387 e. The van der Waals surface area contributed by atoms with Crippen LogP contribution in [0.5, 0.6) is 5.75 Å². The Balaban J connectivity index is 1.63. The molecular weight excluding hydrogens is 450 g/mol. The SMILES string of the molecule is Cc1cc(C(F)(F)Cl)n2nc(C(=O)Nc3nc4ccc(OC(F)F)cc4s3)cc2n1. The van der Waals surface area contributed by atoms with Crippen LogP contribution in [0.15, 0.2) is 30.3 Å². The Morgan fingerprint density at radius 2 is 2.03 bits per heavy atom. The molecule has 30 heavy (non-hydrogen) atoms. The molecule has 0 atom stereocenters. The van der Waals surface area contributed by atoms with Crippen LogP contribution in [0.3, 0.4) is 0 Å². The number of ether oxygens (including phenoxy) is 1. The number of carbonyl (C=O) groups is 1. The maximum atomic E-state index is 13.7. The number of thiazole rings is 1. The van der Waals surface area contributed by atoms with Gasteiger partial charge >= 0.3 is 12.0 Å². The van der Waals surface area contributed by atoms with Gasteiger partial charge in [-0.15, -0.1) is 0 Å². The zero-order chi connectivity index (χ0) is 21.6. The molecule has 3 aromatic heterocycles. The molecule has 13 heteroatoms. The zero-order valence-electron chi connectivity index (χ0n) is 14.9. The predicted molar refractivity (Wildman–Crippen MR) is 102 cm³/mol. The molecule has 0 radical (unpaired) electrons. The number of fused-ring (bicyclic) bond motifs is 2. The summed E-state index contributed by atoms with van der Waals surface area (Å²) < 4.78 is 57.6. The van der Waals surface area contributed by atoms with E-state index in [1.54, 1.807) is 0 Å². The van der Waals surface area contributed by atoms with Gasteiger partial charge in [0.1, 0.15) is 11.4 Å². The summed E-state index contributed by atoms with van der Waals surface area (Å²) in [5.41, 5.74) is -0.0620. The van der Waals surface area contributed by atoms with Crippen LogP contribution in [0.1, 0.15) is 21.9 Å². The Morgan fingerprint density at radius 3 is 2.73 bits per heavy atom. The van der Waals surface area contributed by atoms with E-state index in [4.69, 9.17) is 11.6 Å². The van der Waals surface area contributed by atoms with Crippen molar-refractivity contribution >= 4 is 49.8 Å². The van der Waals surface area contributed by atoms with Crippen molar-refractivity contribution in [2.24, 2.45) is 0 Å². The van der Waals surface area contributed by atoms with E-state index in [9.17, 15) is 22.4 Å². The molecule has 4 rings (SSSR count). The number of nitrogens with zero attached hydrogens (tertiary/aromatic N) is 4. The van der Waals surface area contributed by atoms with Crippen molar-refractivity contribution in [2.45, 2.75) is 18.9 Å². The lowest BCUT2D eigenvalue weighted by molar-refractivity contribution is -0.0497. The van der Waals surface area contributed by atoms with Crippen LogP contribution >= 0.6 is 22.9 Å². The van der Waals surface area contributed by atoms with Crippen molar-refractivity contribution in [2.75, 3.05) is 5.32 Å². The minimum atomic E-state index is -3.71. The van der Waals surface area contributed by atoms with E-state index in [0.717, 1.165) is 21.9 Å². The molecule has 7 nitrogen and oxygen atoms in total. The molecule has 4 aromatic rings. The summed E-state index contributed by atoms with van der Waals surface area (Å²) in [5, 5.41) is 2.81. The Kier molecular flexibility index (Phi) is 4.98. The van der Waals surface area contributed by atoms with Gasteiger partial charge in [-0.2, -0.15) is 22.7 Å². The second-order valence-corrected chi connectivity index (χ2v) is 7.57. The Morgan fingerprint density at radius 1 is 1.27 bits per heavy atom. The number of benzene rings is 1. The number of aromatic nitrogens is 4. The minimum absolute atomic E-state index is 0.0218. The van der Waals surface area contributed by atoms with Crippen LogP contribution in [-0.4, -0.2) is 32.1 Å². The van der Waals surface area contributed by atoms with E-state index in [1.807, 2.05) is 0 Å². The third-order valence-corrected chi connectivity index (χ3v) is 5.01. The number of halogens is 5. The van der Waals surface area contributed by atoms with E-state index in [0.29, 0.717) is 10.2 Å². The van der Waals surface area contributed by atoms with Gasteiger partial charge in [-0.25, -0.2) is 14.5 Å². The predicted octanol–water partition coefficient (Wildman–Crippen LogP) is 4.79. The van der Waals surface area contributed by atoms with Crippen molar-refractivity contribution in [3.05, 3.63) is 47.4 Å². The number of aryl methyl sites for hydroxylation is 1. The molecule has 0 fully saturated rings. The summed E-state index contributed by atoms with van der Waals surface area (Å²) in [6.07, 6.45) is 0. The molecule has 3 heterocycles. The van der Waals surface area contributed by atoms with E-state index < -0.39 is 23.6 Å². The largest absolute Gasteiger partial charge is 0.435 e. The first kappa shape index (κ1) is 20.3. The molecule has 0 aliphatic rings. The normalized spacial score (nSPS) is 12.1.